The van der Waals surface area contributed by atoms with Crippen LogP contribution in [0.15, 0.2) is 41.0 Å². The van der Waals surface area contributed by atoms with Gasteiger partial charge in [-0.2, -0.15) is 0 Å². The Morgan fingerprint density at radius 3 is 2.83 bits per heavy atom. The van der Waals surface area contributed by atoms with Crippen molar-refractivity contribution in [3.8, 4) is 11.5 Å². The molecule has 4 nitrogen and oxygen atoms in total. The third-order valence-corrected chi connectivity index (χ3v) is 2.75. The number of aryl methyl sites for hydroxylation is 1. The number of hydrogen-bond donors (Lipinski definition) is 1. The molecule has 0 atom stereocenters. The predicted molar refractivity (Wildman–Crippen MR) is 70.1 cm³/mol. The normalized spacial score (nSPS) is 10.1. The fourth-order valence-corrected chi connectivity index (χ4v) is 1.82. The number of halogens is 1. The van der Waals surface area contributed by atoms with Gasteiger partial charge in [-0.15, -0.1) is 0 Å². The Morgan fingerprint density at radius 1 is 1.39 bits per heavy atom. The molecule has 0 saturated carbocycles. The molecule has 1 N–H and O–H groups in total. The summed E-state index contributed by atoms with van der Waals surface area (Å²) >= 11 is 3.33. The molecule has 0 amide bonds. The van der Waals surface area contributed by atoms with E-state index in [2.05, 4.69) is 20.9 Å². The summed E-state index contributed by atoms with van der Waals surface area (Å²) < 4.78 is 6.45. The SMILES string of the molecule is Cc1cc(Oc2cccc(Br)c2)c(C(=O)O)cn1. The van der Waals surface area contributed by atoms with E-state index in [1.165, 1.54) is 6.20 Å². The average molecular weight is 308 g/mol. The Bertz CT molecular complexity index is 599. The highest BCUT2D eigenvalue weighted by atomic mass is 79.9. The van der Waals surface area contributed by atoms with Crippen molar-refractivity contribution in [3.63, 3.8) is 0 Å². The second-order valence-corrected chi connectivity index (χ2v) is 4.60. The zero-order chi connectivity index (χ0) is 13.1. The van der Waals surface area contributed by atoms with E-state index in [0.717, 1.165) is 4.47 Å². The van der Waals surface area contributed by atoms with Gasteiger partial charge in [0.2, 0.25) is 0 Å². The van der Waals surface area contributed by atoms with Crippen LogP contribution in [-0.4, -0.2) is 16.1 Å². The molecule has 0 spiro atoms. The van der Waals surface area contributed by atoms with E-state index < -0.39 is 5.97 Å². The highest BCUT2D eigenvalue weighted by molar-refractivity contribution is 9.10. The second-order valence-electron chi connectivity index (χ2n) is 3.69. The third kappa shape index (κ3) is 2.87. The number of rotatable bonds is 3. The standard InChI is InChI=1S/C13H10BrNO3/c1-8-5-12(11(7-15-8)13(16)17)18-10-4-2-3-9(14)6-10/h2-7H,1H3,(H,16,17). The molecule has 0 unspecified atom stereocenters. The first-order valence-corrected chi connectivity index (χ1v) is 5.99. The Labute approximate surface area is 112 Å². The maximum absolute atomic E-state index is 11.1. The van der Waals surface area contributed by atoms with Crippen molar-refractivity contribution in [2.75, 3.05) is 0 Å². The van der Waals surface area contributed by atoms with Gasteiger partial charge in [-0.3, -0.25) is 4.98 Å². The molecule has 5 heteroatoms. The van der Waals surface area contributed by atoms with Crippen LogP contribution in [0.5, 0.6) is 11.5 Å². The minimum Gasteiger partial charge on any atom is -0.477 e. The van der Waals surface area contributed by atoms with Crippen LogP contribution in [-0.2, 0) is 0 Å². The topological polar surface area (TPSA) is 59.4 Å². The molecule has 0 radical (unpaired) electrons. The summed E-state index contributed by atoms with van der Waals surface area (Å²) in [6.07, 6.45) is 1.30. The van der Waals surface area contributed by atoms with Crippen molar-refractivity contribution in [3.05, 3.63) is 52.3 Å². The van der Waals surface area contributed by atoms with Gasteiger partial charge in [0, 0.05) is 22.4 Å². The number of carboxylic acid groups (broad SMARTS) is 1. The smallest absolute Gasteiger partial charge is 0.341 e. The molecule has 0 aliphatic rings. The molecule has 2 rings (SSSR count). The molecule has 18 heavy (non-hydrogen) atoms. The molecule has 0 saturated heterocycles. The lowest BCUT2D eigenvalue weighted by molar-refractivity contribution is 0.0693. The number of aromatic nitrogens is 1. The molecule has 0 bridgehead atoms. The van der Waals surface area contributed by atoms with Crippen LogP contribution < -0.4 is 4.74 Å². The third-order valence-electron chi connectivity index (χ3n) is 2.26. The molecule has 1 aromatic carbocycles. The Hall–Kier alpha value is -1.88. The first kappa shape index (κ1) is 12.6. The molecule has 0 aliphatic carbocycles. The predicted octanol–water partition coefficient (Wildman–Crippen LogP) is 3.64. The van der Waals surface area contributed by atoms with Crippen LogP contribution in [0.3, 0.4) is 0 Å². The second kappa shape index (κ2) is 5.18. The number of carbonyl (C=O) groups is 1. The molecule has 1 heterocycles. The Balaban J connectivity index is 2.39. The van der Waals surface area contributed by atoms with Crippen molar-refractivity contribution >= 4 is 21.9 Å². The minimum atomic E-state index is -1.06. The summed E-state index contributed by atoms with van der Waals surface area (Å²) in [6.45, 7) is 1.78. The van der Waals surface area contributed by atoms with Crippen LogP contribution in [0, 0.1) is 6.92 Å². The maximum atomic E-state index is 11.1. The van der Waals surface area contributed by atoms with E-state index in [-0.39, 0.29) is 11.3 Å². The highest BCUT2D eigenvalue weighted by Gasteiger charge is 2.13. The lowest BCUT2D eigenvalue weighted by Gasteiger charge is -2.09. The maximum Gasteiger partial charge on any atom is 0.341 e. The van der Waals surface area contributed by atoms with E-state index in [4.69, 9.17) is 9.84 Å². The first-order valence-electron chi connectivity index (χ1n) is 5.19. The molecule has 1 aromatic heterocycles. The van der Waals surface area contributed by atoms with Gasteiger partial charge in [0.05, 0.1) is 0 Å². The van der Waals surface area contributed by atoms with Crippen LogP contribution in [0.25, 0.3) is 0 Å². The van der Waals surface area contributed by atoms with Crippen LogP contribution in [0.2, 0.25) is 0 Å². The van der Waals surface area contributed by atoms with Gasteiger partial charge < -0.3 is 9.84 Å². The minimum absolute atomic E-state index is 0.0422. The van der Waals surface area contributed by atoms with Gasteiger partial charge in [-0.1, -0.05) is 22.0 Å². The van der Waals surface area contributed by atoms with Crippen molar-refractivity contribution in [2.24, 2.45) is 0 Å². The monoisotopic (exact) mass is 307 g/mol. The van der Waals surface area contributed by atoms with Gasteiger partial charge in [0.25, 0.3) is 0 Å². The zero-order valence-electron chi connectivity index (χ0n) is 9.55. The summed E-state index contributed by atoms with van der Waals surface area (Å²) in [6, 6.07) is 8.80. The van der Waals surface area contributed by atoms with E-state index in [0.29, 0.717) is 11.4 Å². The number of nitrogens with zero attached hydrogens (tertiary/aromatic N) is 1. The van der Waals surface area contributed by atoms with Crippen molar-refractivity contribution in [2.45, 2.75) is 6.92 Å². The zero-order valence-corrected chi connectivity index (χ0v) is 11.1. The Morgan fingerprint density at radius 2 is 2.17 bits per heavy atom. The molecule has 2 aromatic rings. The first-order chi connectivity index (χ1) is 8.56. The summed E-state index contributed by atoms with van der Waals surface area (Å²) in [4.78, 5) is 15.0. The van der Waals surface area contributed by atoms with Crippen molar-refractivity contribution < 1.29 is 14.6 Å². The lowest BCUT2D eigenvalue weighted by atomic mass is 10.2. The Kier molecular flexibility index (Phi) is 3.62. The van der Waals surface area contributed by atoms with Crippen LogP contribution in [0.4, 0.5) is 0 Å². The van der Waals surface area contributed by atoms with E-state index in [1.807, 2.05) is 12.1 Å². The van der Waals surface area contributed by atoms with Crippen LogP contribution >= 0.6 is 15.9 Å². The van der Waals surface area contributed by atoms with E-state index in [9.17, 15) is 4.79 Å². The molecular weight excluding hydrogens is 298 g/mol. The number of aromatic carboxylic acids is 1. The summed E-state index contributed by atoms with van der Waals surface area (Å²) in [5, 5.41) is 9.06. The van der Waals surface area contributed by atoms with Crippen molar-refractivity contribution in [1.29, 1.82) is 0 Å². The van der Waals surface area contributed by atoms with E-state index in [1.54, 1.807) is 25.1 Å². The van der Waals surface area contributed by atoms with Gasteiger partial charge in [-0.05, 0) is 25.1 Å². The van der Waals surface area contributed by atoms with Gasteiger partial charge in [0.15, 0.2) is 0 Å². The number of pyridine rings is 1. The molecule has 0 aliphatic heterocycles. The molecule has 92 valence electrons. The van der Waals surface area contributed by atoms with Gasteiger partial charge in [0.1, 0.15) is 17.1 Å². The number of hydrogen-bond acceptors (Lipinski definition) is 3. The number of benzene rings is 1. The molecule has 0 fully saturated rings. The summed E-state index contributed by atoms with van der Waals surface area (Å²) in [7, 11) is 0. The summed E-state index contributed by atoms with van der Waals surface area (Å²) in [5.74, 6) is -0.210. The van der Waals surface area contributed by atoms with Gasteiger partial charge in [-0.25, -0.2) is 4.79 Å². The quantitative estimate of drug-likeness (QED) is 0.940. The average Bonchev–Trinajstić information content (AvgIpc) is 2.28. The number of ether oxygens (including phenoxy) is 1. The van der Waals surface area contributed by atoms with Crippen LogP contribution in [0.1, 0.15) is 16.1 Å². The largest absolute Gasteiger partial charge is 0.477 e. The van der Waals surface area contributed by atoms with Crippen molar-refractivity contribution in [1.82, 2.24) is 4.98 Å². The molecular formula is C13H10BrNO3. The van der Waals surface area contributed by atoms with Gasteiger partial charge >= 0.3 is 5.97 Å². The highest BCUT2D eigenvalue weighted by Crippen LogP contribution is 2.27. The lowest BCUT2D eigenvalue weighted by Crippen LogP contribution is -2.01. The van der Waals surface area contributed by atoms with E-state index >= 15 is 0 Å². The fraction of sp³-hybridized carbons (Fsp3) is 0.0769. The summed E-state index contributed by atoms with van der Waals surface area (Å²) in [5.41, 5.74) is 0.741. The number of carboxylic acids is 1. The fourth-order valence-electron chi connectivity index (χ4n) is 1.44.